The Morgan fingerprint density at radius 2 is 2.03 bits per heavy atom. The van der Waals surface area contributed by atoms with Gasteiger partial charge in [0.1, 0.15) is 17.4 Å². The van der Waals surface area contributed by atoms with Crippen LogP contribution in [0.15, 0.2) is 53.1 Å². The molecule has 0 spiro atoms. The molecule has 1 N–H and O–H groups in total. The summed E-state index contributed by atoms with van der Waals surface area (Å²) in [5.41, 5.74) is 1.49. The van der Waals surface area contributed by atoms with Crippen LogP contribution in [0.25, 0.3) is 11.0 Å². The topological polar surface area (TPSA) is 80.1 Å². The number of piperidine rings is 1. The van der Waals surface area contributed by atoms with Crippen LogP contribution in [0, 0.1) is 5.82 Å². The van der Waals surface area contributed by atoms with E-state index in [-0.39, 0.29) is 18.5 Å². The molecule has 3 heterocycles. The molecule has 30 heavy (non-hydrogen) atoms. The number of nitrogens with one attached hydrogen (secondary N) is 1. The van der Waals surface area contributed by atoms with Gasteiger partial charge in [0.05, 0.1) is 23.6 Å². The number of hydrogen-bond acceptors (Lipinski definition) is 6. The van der Waals surface area contributed by atoms with Crippen molar-refractivity contribution in [3.63, 3.8) is 0 Å². The van der Waals surface area contributed by atoms with Crippen LogP contribution in [0.4, 0.5) is 4.39 Å². The molecule has 1 aliphatic rings. The van der Waals surface area contributed by atoms with E-state index in [0.29, 0.717) is 23.8 Å². The molecule has 4 aromatic rings. The summed E-state index contributed by atoms with van der Waals surface area (Å²) < 4.78 is 24.7. The van der Waals surface area contributed by atoms with E-state index in [1.165, 1.54) is 12.1 Å². The van der Waals surface area contributed by atoms with E-state index >= 15 is 0 Å². The highest BCUT2D eigenvalue weighted by molar-refractivity contribution is 5.75. The molecule has 154 valence electrons. The summed E-state index contributed by atoms with van der Waals surface area (Å²) in [7, 11) is 0. The van der Waals surface area contributed by atoms with E-state index in [1.807, 2.05) is 30.3 Å². The van der Waals surface area contributed by atoms with Gasteiger partial charge in [-0.3, -0.25) is 4.90 Å². The van der Waals surface area contributed by atoms with Crippen LogP contribution in [0.2, 0.25) is 0 Å². The fourth-order valence-electron chi connectivity index (χ4n) is 3.90. The lowest BCUT2D eigenvalue weighted by Gasteiger charge is -2.33. The fourth-order valence-corrected chi connectivity index (χ4v) is 3.90. The minimum absolute atomic E-state index is 0.102. The van der Waals surface area contributed by atoms with E-state index in [9.17, 15) is 4.39 Å². The molecule has 1 atom stereocenters. The third kappa shape index (κ3) is 4.04. The van der Waals surface area contributed by atoms with Gasteiger partial charge in [0.15, 0.2) is 6.61 Å². The van der Waals surface area contributed by atoms with Crippen molar-refractivity contribution in [2.75, 3.05) is 6.54 Å². The van der Waals surface area contributed by atoms with Gasteiger partial charge in [0.2, 0.25) is 11.7 Å². The molecule has 2 aromatic carbocycles. The van der Waals surface area contributed by atoms with Gasteiger partial charge in [-0.2, -0.15) is 4.98 Å². The average molecular weight is 407 g/mol. The van der Waals surface area contributed by atoms with Crippen LogP contribution < -0.4 is 4.74 Å². The third-order valence-corrected chi connectivity index (χ3v) is 5.35. The van der Waals surface area contributed by atoms with Crippen LogP contribution >= 0.6 is 0 Å². The predicted octanol–water partition coefficient (Wildman–Crippen LogP) is 4.39. The number of nitrogens with zero attached hydrogens (tertiary/aromatic N) is 4. The molecular formula is C22H22FN5O2. The summed E-state index contributed by atoms with van der Waals surface area (Å²) in [6, 6.07) is 14.3. The number of likely N-dealkylation sites (tertiary alicyclic amines) is 1. The van der Waals surface area contributed by atoms with Gasteiger partial charge in [-0.15, -0.1) is 0 Å². The van der Waals surface area contributed by atoms with Crippen LogP contribution in [0.1, 0.15) is 42.8 Å². The van der Waals surface area contributed by atoms with Crippen molar-refractivity contribution < 1.29 is 13.7 Å². The number of fused-ring (bicyclic) bond motifs is 1. The Morgan fingerprint density at radius 3 is 2.93 bits per heavy atom. The average Bonchev–Trinajstić information content (AvgIpc) is 3.40. The maximum absolute atomic E-state index is 13.5. The summed E-state index contributed by atoms with van der Waals surface area (Å²) in [6.45, 7) is 1.70. The Bertz CT molecular complexity index is 1130. The molecule has 0 unspecified atom stereocenters. The first kappa shape index (κ1) is 18.7. The highest BCUT2D eigenvalue weighted by atomic mass is 19.1. The van der Waals surface area contributed by atoms with Crippen LogP contribution in [-0.2, 0) is 13.2 Å². The smallest absolute Gasteiger partial charge is 0.240 e. The predicted molar refractivity (Wildman–Crippen MR) is 108 cm³/mol. The number of aromatic amines is 1. The fraction of sp³-hybridized carbons (Fsp3) is 0.318. The van der Waals surface area contributed by atoms with Crippen LogP contribution in [0.5, 0.6) is 5.75 Å². The van der Waals surface area contributed by atoms with E-state index in [0.717, 1.165) is 42.9 Å². The maximum atomic E-state index is 13.5. The zero-order valence-corrected chi connectivity index (χ0v) is 16.4. The van der Waals surface area contributed by atoms with Crippen molar-refractivity contribution in [2.45, 2.75) is 38.5 Å². The molecule has 7 nitrogen and oxygen atoms in total. The number of imidazole rings is 1. The quantitative estimate of drug-likeness (QED) is 0.511. The van der Waals surface area contributed by atoms with Gasteiger partial charge in [0, 0.05) is 0 Å². The van der Waals surface area contributed by atoms with E-state index < -0.39 is 0 Å². The highest BCUT2D eigenvalue weighted by Gasteiger charge is 2.28. The monoisotopic (exact) mass is 407 g/mol. The zero-order valence-electron chi connectivity index (χ0n) is 16.4. The minimum Gasteiger partial charge on any atom is -0.485 e. The molecule has 0 saturated carbocycles. The summed E-state index contributed by atoms with van der Waals surface area (Å²) in [5.74, 6) is 2.41. The number of halogens is 1. The standard InChI is InChI=1S/C22H22FN5O2/c23-15-9-10-17-18(12-15)25-22(24-17)19-8-4-5-11-28(19)13-21-26-20(27-30-21)14-29-16-6-2-1-3-7-16/h1-3,6-7,9-10,12,19H,4-5,8,11,13-14H2,(H,24,25)/t19-/m0/s1. The zero-order chi connectivity index (χ0) is 20.3. The lowest BCUT2D eigenvalue weighted by molar-refractivity contribution is 0.119. The molecule has 0 radical (unpaired) electrons. The Balaban J connectivity index is 1.28. The van der Waals surface area contributed by atoms with Crippen molar-refractivity contribution in [1.29, 1.82) is 0 Å². The van der Waals surface area contributed by atoms with E-state index in [2.05, 4.69) is 25.0 Å². The van der Waals surface area contributed by atoms with E-state index in [1.54, 1.807) is 6.07 Å². The Morgan fingerprint density at radius 1 is 1.13 bits per heavy atom. The Kier molecular flexibility index (Phi) is 5.15. The van der Waals surface area contributed by atoms with Gasteiger partial charge in [-0.25, -0.2) is 9.37 Å². The van der Waals surface area contributed by atoms with Crippen LogP contribution in [-0.4, -0.2) is 31.6 Å². The first-order valence-electron chi connectivity index (χ1n) is 10.1. The van der Waals surface area contributed by atoms with Crippen molar-refractivity contribution in [3.8, 4) is 5.75 Å². The summed E-state index contributed by atoms with van der Waals surface area (Å²) >= 11 is 0. The summed E-state index contributed by atoms with van der Waals surface area (Å²) in [5, 5.41) is 4.04. The maximum Gasteiger partial charge on any atom is 0.240 e. The van der Waals surface area contributed by atoms with Crippen molar-refractivity contribution in [2.24, 2.45) is 0 Å². The summed E-state index contributed by atoms with van der Waals surface area (Å²) in [4.78, 5) is 14.7. The molecule has 0 bridgehead atoms. The molecular weight excluding hydrogens is 385 g/mol. The number of rotatable bonds is 6. The number of benzene rings is 2. The van der Waals surface area contributed by atoms with Crippen molar-refractivity contribution >= 4 is 11.0 Å². The second-order valence-electron chi connectivity index (χ2n) is 7.47. The molecule has 0 aliphatic carbocycles. The van der Waals surface area contributed by atoms with Gasteiger partial charge >= 0.3 is 0 Å². The number of ether oxygens (including phenoxy) is 1. The van der Waals surface area contributed by atoms with Gasteiger partial charge < -0.3 is 14.2 Å². The number of para-hydroxylation sites is 1. The Hall–Kier alpha value is -3.26. The minimum atomic E-state index is -0.269. The lowest BCUT2D eigenvalue weighted by atomic mass is 10.0. The van der Waals surface area contributed by atoms with Crippen LogP contribution in [0.3, 0.4) is 0 Å². The molecule has 1 saturated heterocycles. The first-order chi connectivity index (χ1) is 14.7. The largest absolute Gasteiger partial charge is 0.485 e. The highest BCUT2D eigenvalue weighted by Crippen LogP contribution is 2.31. The van der Waals surface area contributed by atoms with Gasteiger partial charge in [-0.1, -0.05) is 29.8 Å². The first-order valence-corrected chi connectivity index (χ1v) is 10.1. The molecule has 1 fully saturated rings. The number of hydrogen-bond donors (Lipinski definition) is 1. The van der Waals surface area contributed by atoms with Gasteiger partial charge in [-0.05, 0) is 49.7 Å². The summed E-state index contributed by atoms with van der Waals surface area (Å²) in [6.07, 6.45) is 3.19. The lowest BCUT2D eigenvalue weighted by Crippen LogP contribution is -2.33. The van der Waals surface area contributed by atoms with Crippen molar-refractivity contribution in [1.82, 2.24) is 25.0 Å². The van der Waals surface area contributed by atoms with Crippen molar-refractivity contribution in [3.05, 3.63) is 71.9 Å². The molecule has 2 aromatic heterocycles. The number of aromatic nitrogens is 4. The van der Waals surface area contributed by atoms with Gasteiger partial charge in [0.25, 0.3) is 0 Å². The SMILES string of the molecule is Fc1ccc2nc([C@@H]3CCCCN3Cc3nc(COc4ccccc4)no3)[nH]c2c1. The second-order valence-corrected chi connectivity index (χ2v) is 7.47. The normalized spacial score (nSPS) is 17.4. The van der Waals surface area contributed by atoms with E-state index in [4.69, 9.17) is 9.26 Å². The Labute approximate surface area is 172 Å². The molecule has 8 heteroatoms. The third-order valence-electron chi connectivity index (χ3n) is 5.35. The second kappa shape index (κ2) is 8.23. The molecule has 1 aliphatic heterocycles. The molecule has 5 rings (SSSR count). The molecule has 0 amide bonds. The number of H-pyrrole nitrogens is 1.